The molecule has 0 amide bonds. The third-order valence-corrected chi connectivity index (χ3v) is 29.6. The fraction of sp³-hybridized carbons (Fsp3) is 0.183. The first-order valence-corrected chi connectivity index (χ1v) is 48.4. The van der Waals surface area contributed by atoms with Crippen LogP contribution in [0.3, 0.4) is 0 Å². The molecule has 1 aromatic heterocycles. The summed E-state index contributed by atoms with van der Waals surface area (Å²) in [6.45, 7) is 7.37. The van der Waals surface area contributed by atoms with Gasteiger partial charge in [-0.25, -0.2) is 39.2 Å². The van der Waals surface area contributed by atoms with Crippen LogP contribution in [0.1, 0.15) is 101 Å². The Bertz CT molecular complexity index is 6260. The quantitative estimate of drug-likeness (QED) is 0.0120. The highest BCUT2D eigenvalue weighted by Crippen LogP contribution is 2.50. The van der Waals surface area contributed by atoms with E-state index in [0.717, 1.165) is 36.0 Å². The lowest BCUT2D eigenvalue weighted by atomic mass is 9.99. The molecule has 0 aliphatic carbocycles. The van der Waals surface area contributed by atoms with Crippen LogP contribution in [0.2, 0.25) is 0 Å². The van der Waals surface area contributed by atoms with E-state index in [1.165, 1.54) is 103 Å². The van der Waals surface area contributed by atoms with E-state index >= 15 is 0 Å². The molecule has 0 spiro atoms. The maximum atomic E-state index is 14.0. The van der Waals surface area contributed by atoms with Crippen molar-refractivity contribution in [2.45, 2.75) is 143 Å². The number of halogens is 16. The van der Waals surface area contributed by atoms with E-state index in [1.54, 1.807) is 24.3 Å². The molecular weight excluding hydrogens is 1890 g/mol. The Hall–Kier alpha value is -12.4. The zero-order chi connectivity index (χ0) is 99.0. The third-order valence-electron chi connectivity index (χ3n) is 21.1. The Morgan fingerprint density at radius 1 is 0.353 bits per heavy atom. The van der Waals surface area contributed by atoms with E-state index in [1.807, 2.05) is 41.5 Å². The number of hydrogen-bond donors (Lipinski definition) is 0. The van der Waals surface area contributed by atoms with E-state index in [2.05, 4.69) is 275 Å². The largest absolute Gasteiger partial charge is 0.744 e. The molecular formula is C104H89F16O11S5+. The average Bonchev–Trinajstić information content (AvgIpc) is 1.38. The van der Waals surface area contributed by atoms with Crippen LogP contribution in [0, 0.1) is 53.5 Å². The van der Waals surface area contributed by atoms with Crippen molar-refractivity contribution in [1.82, 2.24) is 0 Å². The second-order valence-electron chi connectivity index (χ2n) is 30.3. The minimum absolute atomic E-state index is 0.0146. The first-order chi connectivity index (χ1) is 64.6. The van der Waals surface area contributed by atoms with Crippen LogP contribution in [-0.4, -0.2) is 68.1 Å². The number of ether oxygens (including phenoxy) is 4. The highest BCUT2D eigenvalue weighted by Gasteiger charge is 2.72. The summed E-state index contributed by atoms with van der Waals surface area (Å²) in [6, 6.07) is 110. The average molecular weight is 1980 g/mol. The van der Waals surface area contributed by atoms with Gasteiger partial charge in [0.05, 0.1) is 21.8 Å². The Morgan fingerprint density at radius 3 is 0.941 bits per heavy atom. The van der Waals surface area contributed by atoms with Crippen molar-refractivity contribution in [1.29, 1.82) is 0 Å². The molecule has 0 aliphatic heterocycles. The number of rotatable bonds is 27. The molecule has 0 aliphatic rings. The summed E-state index contributed by atoms with van der Waals surface area (Å²) < 4.78 is 303. The van der Waals surface area contributed by atoms with Crippen LogP contribution in [0.15, 0.2) is 368 Å². The van der Waals surface area contributed by atoms with E-state index in [0.29, 0.717) is 6.92 Å². The van der Waals surface area contributed by atoms with Gasteiger partial charge in [0.1, 0.15) is 32.3 Å². The van der Waals surface area contributed by atoms with Gasteiger partial charge in [-0.15, -0.1) is 0 Å². The molecule has 0 N–H and O–H groups in total. The van der Waals surface area contributed by atoms with Crippen molar-refractivity contribution in [2.75, 3.05) is 13.2 Å². The minimum Gasteiger partial charge on any atom is -0.744 e. The van der Waals surface area contributed by atoms with E-state index in [-0.39, 0.29) is 67.3 Å². The number of benzene rings is 14. The SMILES string of the molecule is CCC(C)c1ccc(OC(=O)C(F)(F)S(=O)(=O)[O-])cc1.CCC(C)c1ccc(OCC(F)(F)C(F)(F)C(F)(F)COc2c(F)c(F)c(C)c(F)c2F)cc1.CCC(C)c1ccc(Oc2c(F)c(F)c(S(=O)(=O)[O-])c(F)c2F)cc1.c1ccc(-[s+]2c3ccccc3c3ccccc32)cc1.c1ccc([S+](c2ccccc2)c2ccccc2)cc1.c1ccc([S+](c2ccccc2)c2ccccc2)cc1. The van der Waals surface area contributed by atoms with Gasteiger partial charge in [0.2, 0.25) is 29.0 Å². The lowest BCUT2D eigenvalue weighted by Crippen LogP contribution is -2.58. The molecule has 1 heterocycles. The molecule has 712 valence electrons. The van der Waals surface area contributed by atoms with Crippen LogP contribution in [-0.2, 0) is 46.8 Å². The Kier molecular flexibility index (Phi) is 36.8. The van der Waals surface area contributed by atoms with Gasteiger partial charge in [0, 0.05) is 26.8 Å². The third kappa shape index (κ3) is 26.0. The van der Waals surface area contributed by atoms with Gasteiger partial charge in [-0.05, 0) is 206 Å². The standard InChI is InChI=1S/C22H20F10O2.C18H13S.2C18H15S.C16H14F4O4S.C12H14F2O5S/c1-4-11(2)13-5-7-14(8-6-13)33-9-20(27,28)22(31,32)21(29,30)10-34-19-17(25)15(23)12(3)16(24)18(19)26;1-2-8-14(9-3-1)19-17-12-6-4-10-15(17)16-11-5-7-13-18(16)19;2*1-4-10-16(11-5-1)19(17-12-6-2-7-13-17)18-14-8-3-9-15-18;1-3-8(2)9-4-6-10(7-5-9)24-15-11(17)13(19)16(25(21,22)23)14(20)12(15)18;1-3-8(2)9-4-6-10(7-5-9)19-11(15)12(13,14)20(16,17)18/h5-8,11H,4,9-10H2,1-3H3;1-13H;2*1-15H;4-8H,3H2,1-2H3,(H,21,22,23);4-8H,3H2,1-2H3,(H,16,17,18)/q;3*+1;;/p-2. The number of carbonyl (C=O) groups is 1. The predicted octanol–water partition coefficient (Wildman–Crippen LogP) is 29.4. The van der Waals surface area contributed by atoms with Gasteiger partial charge in [-0.1, -0.05) is 230 Å². The summed E-state index contributed by atoms with van der Waals surface area (Å²) in [5.74, 6) is -40.9. The second kappa shape index (κ2) is 47.4. The zero-order valence-electron chi connectivity index (χ0n) is 73.6. The van der Waals surface area contributed by atoms with Crippen LogP contribution >= 0.6 is 10.5 Å². The van der Waals surface area contributed by atoms with Crippen molar-refractivity contribution in [2.24, 2.45) is 0 Å². The lowest BCUT2D eigenvalue weighted by Gasteiger charge is -2.32. The molecule has 0 radical (unpaired) electrons. The molecule has 32 heteroatoms. The molecule has 0 fully saturated rings. The predicted molar refractivity (Wildman–Crippen MR) is 495 cm³/mol. The van der Waals surface area contributed by atoms with E-state index < -0.39 is 131 Å². The van der Waals surface area contributed by atoms with Crippen molar-refractivity contribution in [3.63, 3.8) is 0 Å². The number of alkyl halides is 8. The summed E-state index contributed by atoms with van der Waals surface area (Å²) in [5, 5.41) is -2.32. The Labute approximate surface area is 785 Å². The summed E-state index contributed by atoms with van der Waals surface area (Å²) in [5.41, 5.74) is 1.47. The number of fused-ring (bicyclic) bond motifs is 3. The minimum atomic E-state index is -6.13. The molecule has 3 unspecified atom stereocenters. The molecule has 0 saturated carbocycles. The van der Waals surface area contributed by atoms with Gasteiger partial charge < -0.3 is 28.1 Å². The molecule has 15 rings (SSSR count). The first-order valence-electron chi connectivity index (χ1n) is 41.9. The van der Waals surface area contributed by atoms with Gasteiger partial charge in [-0.3, -0.25) is 0 Å². The topological polar surface area (TPSA) is 168 Å². The molecule has 0 saturated heterocycles. The maximum absolute atomic E-state index is 14.0. The summed E-state index contributed by atoms with van der Waals surface area (Å²) >= 11 is 0. The number of hydrogen-bond acceptors (Lipinski definition) is 11. The van der Waals surface area contributed by atoms with Crippen LogP contribution in [0.4, 0.5) is 70.2 Å². The smallest absolute Gasteiger partial charge is 0.429 e. The molecule has 0 bridgehead atoms. The van der Waals surface area contributed by atoms with Crippen LogP contribution in [0.5, 0.6) is 28.7 Å². The fourth-order valence-electron chi connectivity index (χ4n) is 13.1. The van der Waals surface area contributed by atoms with Gasteiger partial charge in [-0.2, -0.15) is 52.7 Å². The lowest BCUT2D eigenvalue weighted by molar-refractivity contribution is -0.320. The van der Waals surface area contributed by atoms with Gasteiger partial charge >= 0.3 is 29.0 Å². The number of carbonyl (C=O) groups excluding carboxylic acids is 1. The van der Waals surface area contributed by atoms with Crippen molar-refractivity contribution >= 4 is 78.6 Å². The highest BCUT2D eigenvalue weighted by atomic mass is 32.2. The summed E-state index contributed by atoms with van der Waals surface area (Å²) in [7, 11) is -11.8. The monoisotopic (exact) mass is 1980 g/mol. The van der Waals surface area contributed by atoms with Crippen molar-refractivity contribution in [3.05, 3.63) is 402 Å². The van der Waals surface area contributed by atoms with Crippen LogP contribution < -0.4 is 18.9 Å². The summed E-state index contributed by atoms with van der Waals surface area (Å²) in [6.07, 6.45) is 2.48. The molecule has 11 nitrogen and oxygen atoms in total. The van der Waals surface area contributed by atoms with Gasteiger partial charge in [0.25, 0.3) is 0 Å². The number of thiophene rings is 1. The normalized spacial score (nSPS) is 12.3. The maximum Gasteiger partial charge on any atom is 0.429 e. The molecule has 15 aromatic rings. The van der Waals surface area contributed by atoms with Crippen molar-refractivity contribution < 1.29 is 120 Å². The highest BCUT2D eigenvalue weighted by molar-refractivity contribution is 7.97. The molecule has 136 heavy (non-hydrogen) atoms. The molecule has 3 atom stereocenters. The summed E-state index contributed by atoms with van der Waals surface area (Å²) in [4.78, 5) is 18.4. The Balaban J connectivity index is 0.000000171. The molecule has 14 aromatic carbocycles. The van der Waals surface area contributed by atoms with E-state index in [9.17, 15) is 101 Å². The second-order valence-corrected chi connectivity index (χ2v) is 39.1. The van der Waals surface area contributed by atoms with Crippen LogP contribution in [0.25, 0.3) is 25.1 Å². The van der Waals surface area contributed by atoms with E-state index in [4.69, 9.17) is 4.74 Å². The Morgan fingerprint density at radius 2 is 0.632 bits per heavy atom. The fourth-order valence-corrected chi connectivity index (χ4v) is 20.5. The first kappa shape index (κ1) is 106. The number of esters is 1. The van der Waals surface area contributed by atoms with Crippen molar-refractivity contribution in [3.8, 4) is 33.6 Å². The van der Waals surface area contributed by atoms with Gasteiger partial charge in [0.15, 0.2) is 96.0 Å². The zero-order valence-corrected chi connectivity index (χ0v) is 77.7.